The number of nitro groups is 1. The lowest BCUT2D eigenvalue weighted by molar-refractivity contribution is -0.385. The van der Waals surface area contributed by atoms with Crippen LogP contribution >= 0.6 is 0 Å². The van der Waals surface area contributed by atoms with Gasteiger partial charge in [-0.1, -0.05) is 73.7 Å². The quantitative estimate of drug-likeness (QED) is 0.100. The predicted octanol–water partition coefficient (Wildman–Crippen LogP) is 4.56. The van der Waals surface area contributed by atoms with Crippen molar-refractivity contribution in [2.75, 3.05) is 18.1 Å². The second kappa shape index (κ2) is 13.7. The Morgan fingerprint density at radius 2 is 1.71 bits per heavy atom. The number of aromatic nitrogens is 2. The molecule has 5 aromatic rings. The first-order valence-corrected chi connectivity index (χ1v) is 15.8. The number of carbonyl (C=O) groups is 2. The van der Waals surface area contributed by atoms with Crippen molar-refractivity contribution in [2.24, 2.45) is 5.92 Å². The molecule has 0 spiro atoms. The maximum absolute atomic E-state index is 14.1. The largest absolute Gasteiger partial charge is 0.395 e. The van der Waals surface area contributed by atoms with Gasteiger partial charge >= 0.3 is 0 Å². The SMILES string of the molecule is C[C@H](/C=C/CC(=O)N(CCO)Cc1ccccc1)[C@@]1(O)C(=O)N(Cc2ccc(-n3[nH]c4ccccc4c3=O)cc2)c2ccc([N+](=O)[O-])cc21. The zero-order chi connectivity index (χ0) is 34.7. The highest BCUT2D eigenvalue weighted by atomic mass is 16.6. The molecule has 0 aliphatic carbocycles. The number of anilines is 1. The van der Waals surface area contributed by atoms with Crippen LogP contribution in [0.15, 0.2) is 114 Å². The van der Waals surface area contributed by atoms with Gasteiger partial charge in [-0.05, 0) is 41.5 Å². The minimum absolute atomic E-state index is 0.0429. The molecular weight excluding hydrogens is 626 g/mol. The number of H-pyrrole nitrogens is 1. The highest BCUT2D eigenvalue weighted by Crippen LogP contribution is 2.47. The number of carbonyl (C=O) groups excluding carboxylic acids is 2. The number of nitrogens with one attached hydrogen (secondary N) is 1. The lowest BCUT2D eigenvalue weighted by atomic mass is 9.82. The second-order valence-electron chi connectivity index (χ2n) is 12.0. The van der Waals surface area contributed by atoms with E-state index >= 15 is 0 Å². The van der Waals surface area contributed by atoms with Crippen molar-refractivity contribution in [1.29, 1.82) is 0 Å². The highest BCUT2D eigenvalue weighted by molar-refractivity contribution is 6.07. The van der Waals surface area contributed by atoms with Crippen LogP contribution in [0.25, 0.3) is 16.6 Å². The van der Waals surface area contributed by atoms with Crippen LogP contribution in [-0.4, -0.2) is 54.8 Å². The smallest absolute Gasteiger partial charge is 0.279 e. The first-order valence-electron chi connectivity index (χ1n) is 15.8. The zero-order valence-corrected chi connectivity index (χ0v) is 26.7. The summed E-state index contributed by atoms with van der Waals surface area (Å²) in [6.07, 6.45) is 3.09. The number of aliphatic hydroxyl groups excluding tert-OH is 1. The number of nitro benzene ring substituents is 1. The molecule has 6 rings (SSSR count). The summed E-state index contributed by atoms with van der Waals surface area (Å²) < 4.78 is 1.44. The molecule has 2 amide bonds. The van der Waals surface area contributed by atoms with Crippen molar-refractivity contribution < 1.29 is 24.7 Å². The topological polar surface area (TPSA) is 162 Å². The van der Waals surface area contributed by atoms with Crippen LogP contribution in [0.4, 0.5) is 11.4 Å². The molecule has 1 aromatic heterocycles. The summed E-state index contributed by atoms with van der Waals surface area (Å²) in [6.45, 7) is 1.93. The molecule has 250 valence electrons. The molecule has 3 N–H and O–H groups in total. The van der Waals surface area contributed by atoms with Gasteiger partial charge in [0.2, 0.25) is 5.91 Å². The summed E-state index contributed by atoms with van der Waals surface area (Å²) in [7, 11) is 0. The standard InChI is InChI=1S/C37H35N5O7/c1-25(8-7-13-34(44)39(20-21-43)23-26-9-3-2-4-10-26)37(47)31-22-29(42(48)49)18-19-33(31)40(36(37)46)24-27-14-16-28(17-15-27)41-35(45)30-11-5-6-12-32(30)38-41/h2-12,14-19,22,25,38,43,47H,13,20-21,23-24H2,1H3/b8-7+/t25-,37+/m1/s1. The van der Waals surface area contributed by atoms with Crippen molar-refractivity contribution >= 4 is 34.1 Å². The molecule has 1 aliphatic rings. The van der Waals surface area contributed by atoms with Gasteiger partial charge in [0.25, 0.3) is 17.2 Å². The zero-order valence-electron chi connectivity index (χ0n) is 26.7. The average molecular weight is 662 g/mol. The minimum atomic E-state index is -2.15. The van der Waals surface area contributed by atoms with E-state index in [2.05, 4.69) is 5.10 Å². The lowest BCUT2D eigenvalue weighted by Gasteiger charge is -2.27. The number of aliphatic hydroxyl groups is 2. The second-order valence-corrected chi connectivity index (χ2v) is 12.0. The molecule has 12 heteroatoms. The Hall–Kier alpha value is -5.85. The number of hydrogen-bond donors (Lipinski definition) is 3. The normalized spacial score (nSPS) is 16.3. The molecule has 0 unspecified atom stereocenters. The number of rotatable bonds is 12. The van der Waals surface area contributed by atoms with E-state index in [4.69, 9.17) is 0 Å². The molecule has 12 nitrogen and oxygen atoms in total. The van der Waals surface area contributed by atoms with Crippen LogP contribution in [0.5, 0.6) is 0 Å². The summed E-state index contributed by atoms with van der Waals surface area (Å²) in [5, 5.41) is 36.9. The summed E-state index contributed by atoms with van der Waals surface area (Å²) in [5.74, 6) is -1.77. The number of para-hydroxylation sites is 1. The lowest BCUT2D eigenvalue weighted by Crippen LogP contribution is -2.44. The molecule has 0 saturated heterocycles. The van der Waals surface area contributed by atoms with Crippen LogP contribution in [0.2, 0.25) is 0 Å². The highest BCUT2D eigenvalue weighted by Gasteiger charge is 2.53. The van der Waals surface area contributed by atoms with Crippen LogP contribution in [-0.2, 0) is 28.3 Å². The summed E-state index contributed by atoms with van der Waals surface area (Å²) in [6, 6.07) is 27.6. The van der Waals surface area contributed by atoms with E-state index in [1.165, 1.54) is 32.7 Å². The van der Waals surface area contributed by atoms with Crippen LogP contribution in [0.1, 0.15) is 30.0 Å². The van der Waals surface area contributed by atoms with Gasteiger partial charge in [-0.2, -0.15) is 0 Å². The molecule has 0 fully saturated rings. The van der Waals surface area contributed by atoms with Gasteiger partial charge in [-0.3, -0.25) is 29.6 Å². The molecule has 2 heterocycles. The third-order valence-corrected chi connectivity index (χ3v) is 8.91. The van der Waals surface area contributed by atoms with Crippen molar-refractivity contribution in [3.63, 3.8) is 0 Å². The van der Waals surface area contributed by atoms with E-state index in [0.29, 0.717) is 34.4 Å². The predicted molar refractivity (Wildman–Crippen MR) is 184 cm³/mol. The fourth-order valence-electron chi connectivity index (χ4n) is 6.24. The van der Waals surface area contributed by atoms with Gasteiger partial charge in [0.15, 0.2) is 5.60 Å². The maximum Gasteiger partial charge on any atom is 0.279 e. The Bertz CT molecular complexity index is 2110. The van der Waals surface area contributed by atoms with Gasteiger partial charge in [0.05, 0.1) is 40.4 Å². The Morgan fingerprint density at radius 3 is 2.41 bits per heavy atom. The van der Waals surface area contributed by atoms with Crippen LogP contribution < -0.4 is 10.5 Å². The fourth-order valence-corrected chi connectivity index (χ4v) is 6.24. The van der Waals surface area contributed by atoms with E-state index in [1.54, 1.807) is 55.5 Å². The summed E-state index contributed by atoms with van der Waals surface area (Å²) >= 11 is 0. The summed E-state index contributed by atoms with van der Waals surface area (Å²) in [5.41, 5.74) is 0.730. The van der Waals surface area contributed by atoms with Crippen molar-refractivity contribution in [1.82, 2.24) is 14.7 Å². The molecule has 0 bridgehead atoms. The molecule has 49 heavy (non-hydrogen) atoms. The van der Waals surface area contributed by atoms with Gasteiger partial charge < -0.3 is 20.0 Å². The van der Waals surface area contributed by atoms with E-state index in [-0.39, 0.29) is 48.8 Å². The fraction of sp³-hybridized carbons (Fsp3) is 0.216. The Kier molecular flexibility index (Phi) is 9.25. The first-order chi connectivity index (χ1) is 23.6. The van der Waals surface area contributed by atoms with Crippen LogP contribution in [0.3, 0.4) is 0 Å². The van der Waals surface area contributed by atoms with E-state index in [9.17, 15) is 34.7 Å². The van der Waals surface area contributed by atoms with Crippen molar-refractivity contribution in [3.8, 4) is 5.69 Å². The van der Waals surface area contributed by atoms with E-state index in [1.807, 2.05) is 42.5 Å². The number of hydrogen-bond acceptors (Lipinski definition) is 7. The number of benzene rings is 4. The maximum atomic E-state index is 14.1. The Morgan fingerprint density at radius 1 is 1.00 bits per heavy atom. The third-order valence-electron chi connectivity index (χ3n) is 8.91. The van der Waals surface area contributed by atoms with Crippen LogP contribution in [0, 0.1) is 16.0 Å². The number of nitrogens with zero attached hydrogens (tertiary/aromatic N) is 4. The van der Waals surface area contributed by atoms with Gasteiger partial charge in [0, 0.05) is 43.1 Å². The molecule has 4 aromatic carbocycles. The Labute approximate surface area is 281 Å². The first kappa shape index (κ1) is 33.1. The third kappa shape index (κ3) is 6.39. The van der Waals surface area contributed by atoms with Gasteiger partial charge in [-0.15, -0.1) is 0 Å². The van der Waals surface area contributed by atoms with Gasteiger partial charge in [0.1, 0.15) is 0 Å². The molecule has 2 atom stereocenters. The summed E-state index contributed by atoms with van der Waals surface area (Å²) in [4.78, 5) is 54.0. The average Bonchev–Trinajstić information content (AvgIpc) is 3.56. The Balaban J connectivity index is 1.23. The molecular formula is C37H35N5O7. The number of non-ortho nitro benzene ring substituents is 1. The number of amides is 2. The van der Waals surface area contributed by atoms with Crippen molar-refractivity contribution in [2.45, 2.75) is 32.0 Å². The van der Waals surface area contributed by atoms with E-state index < -0.39 is 22.3 Å². The molecule has 0 saturated carbocycles. The van der Waals surface area contributed by atoms with Crippen molar-refractivity contribution in [3.05, 3.63) is 146 Å². The molecule has 1 aliphatic heterocycles. The molecule has 0 radical (unpaired) electrons. The monoisotopic (exact) mass is 661 g/mol. The van der Waals surface area contributed by atoms with E-state index in [0.717, 1.165) is 5.56 Å². The number of fused-ring (bicyclic) bond motifs is 2. The van der Waals surface area contributed by atoms with Gasteiger partial charge in [-0.25, -0.2) is 4.68 Å². The minimum Gasteiger partial charge on any atom is -0.395 e. The number of aromatic amines is 1.